The zero-order valence-corrected chi connectivity index (χ0v) is 12.5. The lowest BCUT2D eigenvalue weighted by Crippen LogP contribution is -2.21. The molecule has 1 aromatic heterocycles. The van der Waals surface area contributed by atoms with Gasteiger partial charge in [-0.15, -0.1) is 0 Å². The third kappa shape index (κ3) is 4.82. The van der Waals surface area contributed by atoms with Crippen LogP contribution in [0.15, 0.2) is 42.7 Å². The molecule has 1 heterocycles. The van der Waals surface area contributed by atoms with Crippen molar-refractivity contribution >= 4 is 0 Å². The third-order valence-electron chi connectivity index (χ3n) is 3.34. The molecular formula is C17H25N3. The molecule has 1 N–H and O–H groups in total. The Bertz CT molecular complexity index is 488. The molecule has 2 rings (SSSR count). The number of aromatic nitrogens is 2. The number of imidazole rings is 1. The highest BCUT2D eigenvalue weighted by molar-refractivity contribution is 5.14. The van der Waals surface area contributed by atoms with E-state index in [1.807, 2.05) is 6.20 Å². The van der Waals surface area contributed by atoms with E-state index in [0.29, 0.717) is 5.92 Å². The van der Waals surface area contributed by atoms with Crippen LogP contribution < -0.4 is 5.32 Å². The van der Waals surface area contributed by atoms with Crippen LogP contribution in [0.25, 0.3) is 0 Å². The van der Waals surface area contributed by atoms with Crippen LogP contribution in [0.2, 0.25) is 0 Å². The number of nitrogens with one attached hydrogen (secondary N) is 1. The first-order valence-electron chi connectivity index (χ1n) is 7.50. The van der Waals surface area contributed by atoms with Crippen molar-refractivity contribution < 1.29 is 0 Å². The van der Waals surface area contributed by atoms with Crippen molar-refractivity contribution in [2.45, 2.75) is 39.8 Å². The first-order chi connectivity index (χ1) is 9.75. The van der Waals surface area contributed by atoms with E-state index in [1.165, 1.54) is 5.56 Å². The SMILES string of the molecule is CC(C)CNCc1nccn1CCCc1ccccc1. The van der Waals surface area contributed by atoms with E-state index in [9.17, 15) is 0 Å². The highest BCUT2D eigenvalue weighted by Gasteiger charge is 2.03. The molecule has 0 bridgehead atoms. The Morgan fingerprint density at radius 1 is 1.20 bits per heavy atom. The predicted octanol–water partition coefficient (Wildman–Crippen LogP) is 3.26. The summed E-state index contributed by atoms with van der Waals surface area (Å²) < 4.78 is 2.26. The van der Waals surface area contributed by atoms with E-state index in [2.05, 4.69) is 65.2 Å². The van der Waals surface area contributed by atoms with Gasteiger partial charge in [-0.1, -0.05) is 44.2 Å². The standard InChI is InChI=1S/C17H25N3/c1-15(2)13-18-14-17-19-10-12-20(17)11-6-9-16-7-4-3-5-8-16/h3-5,7-8,10,12,15,18H,6,9,11,13-14H2,1-2H3. The maximum Gasteiger partial charge on any atom is 0.122 e. The summed E-state index contributed by atoms with van der Waals surface area (Å²) in [6.45, 7) is 7.37. The Kier molecular flexibility index (Phi) is 5.81. The molecule has 0 unspecified atom stereocenters. The molecular weight excluding hydrogens is 246 g/mol. The van der Waals surface area contributed by atoms with Crippen molar-refractivity contribution in [1.82, 2.24) is 14.9 Å². The predicted molar refractivity (Wildman–Crippen MR) is 83.5 cm³/mol. The summed E-state index contributed by atoms with van der Waals surface area (Å²) in [6.07, 6.45) is 6.25. The van der Waals surface area contributed by atoms with Gasteiger partial charge in [0.1, 0.15) is 5.82 Å². The largest absolute Gasteiger partial charge is 0.334 e. The lowest BCUT2D eigenvalue weighted by atomic mass is 10.1. The maximum atomic E-state index is 4.44. The number of hydrogen-bond donors (Lipinski definition) is 1. The molecule has 1 aromatic carbocycles. The van der Waals surface area contributed by atoms with Gasteiger partial charge in [-0.3, -0.25) is 0 Å². The quantitative estimate of drug-likeness (QED) is 0.798. The van der Waals surface area contributed by atoms with E-state index in [0.717, 1.165) is 38.3 Å². The van der Waals surface area contributed by atoms with E-state index in [-0.39, 0.29) is 0 Å². The number of aryl methyl sites for hydroxylation is 2. The minimum absolute atomic E-state index is 0.677. The van der Waals surface area contributed by atoms with Crippen LogP contribution in [-0.2, 0) is 19.5 Å². The van der Waals surface area contributed by atoms with Crippen LogP contribution in [-0.4, -0.2) is 16.1 Å². The summed E-state index contributed by atoms with van der Waals surface area (Å²) in [6, 6.07) is 10.7. The number of nitrogens with zero attached hydrogens (tertiary/aromatic N) is 2. The van der Waals surface area contributed by atoms with Crippen molar-refractivity contribution in [3.63, 3.8) is 0 Å². The van der Waals surface area contributed by atoms with Gasteiger partial charge in [-0.2, -0.15) is 0 Å². The molecule has 0 aliphatic heterocycles. The van der Waals surface area contributed by atoms with Gasteiger partial charge in [-0.05, 0) is 30.9 Å². The molecule has 3 nitrogen and oxygen atoms in total. The Morgan fingerprint density at radius 3 is 2.75 bits per heavy atom. The minimum Gasteiger partial charge on any atom is -0.334 e. The maximum absolute atomic E-state index is 4.44. The molecule has 2 aromatic rings. The highest BCUT2D eigenvalue weighted by Crippen LogP contribution is 2.06. The summed E-state index contributed by atoms with van der Waals surface area (Å²) in [5.41, 5.74) is 1.41. The summed E-state index contributed by atoms with van der Waals surface area (Å²) in [7, 11) is 0. The van der Waals surface area contributed by atoms with E-state index < -0.39 is 0 Å². The first-order valence-corrected chi connectivity index (χ1v) is 7.50. The van der Waals surface area contributed by atoms with Crippen molar-refractivity contribution in [1.29, 1.82) is 0 Å². The van der Waals surface area contributed by atoms with Gasteiger partial charge < -0.3 is 9.88 Å². The fourth-order valence-electron chi connectivity index (χ4n) is 2.28. The molecule has 0 radical (unpaired) electrons. The molecule has 3 heteroatoms. The Morgan fingerprint density at radius 2 is 2.00 bits per heavy atom. The molecule has 0 saturated heterocycles. The fourth-order valence-corrected chi connectivity index (χ4v) is 2.28. The summed E-state index contributed by atoms with van der Waals surface area (Å²) in [4.78, 5) is 4.44. The van der Waals surface area contributed by atoms with Crippen LogP contribution >= 0.6 is 0 Å². The van der Waals surface area contributed by atoms with Crippen LogP contribution in [0.3, 0.4) is 0 Å². The van der Waals surface area contributed by atoms with Crippen LogP contribution in [0.4, 0.5) is 0 Å². The number of hydrogen-bond acceptors (Lipinski definition) is 2. The Balaban J connectivity index is 1.77. The molecule has 0 saturated carbocycles. The molecule has 0 fully saturated rings. The van der Waals surface area contributed by atoms with Gasteiger partial charge >= 0.3 is 0 Å². The lowest BCUT2D eigenvalue weighted by Gasteiger charge is -2.10. The summed E-state index contributed by atoms with van der Waals surface area (Å²) in [5.74, 6) is 1.82. The van der Waals surface area contributed by atoms with Gasteiger partial charge in [0, 0.05) is 18.9 Å². The molecule has 0 aliphatic rings. The molecule has 0 spiro atoms. The smallest absolute Gasteiger partial charge is 0.122 e. The lowest BCUT2D eigenvalue weighted by molar-refractivity contribution is 0.522. The zero-order chi connectivity index (χ0) is 14.2. The first kappa shape index (κ1) is 14.8. The Labute approximate surface area is 122 Å². The van der Waals surface area contributed by atoms with Crippen LogP contribution in [0.5, 0.6) is 0 Å². The van der Waals surface area contributed by atoms with E-state index >= 15 is 0 Å². The second-order valence-corrected chi connectivity index (χ2v) is 5.65. The molecule has 0 amide bonds. The van der Waals surface area contributed by atoms with Crippen molar-refractivity contribution in [3.05, 3.63) is 54.1 Å². The fraction of sp³-hybridized carbons (Fsp3) is 0.471. The average Bonchev–Trinajstić information content (AvgIpc) is 2.87. The number of benzene rings is 1. The van der Waals surface area contributed by atoms with Gasteiger partial charge in [-0.25, -0.2) is 4.98 Å². The Hall–Kier alpha value is -1.61. The number of rotatable bonds is 8. The third-order valence-corrected chi connectivity index (χ3v) is 3.34. The van der Waals surface area contributed by atoms with E-state index in [4.69, 9.17) is 0 Å². The highest BCUT2D eigenvalue weighted by atomic mass is 15.1. The second kappa shape index (κ2) is 7.85. The molecule has 0 atom stereocenters. The molecule has 20 heavy (non-hydrogen) atoms. The zero-order valence-electron chi connectivity index (χ0n) is 12.5. The second-order valence-electron chi connectivity index (χ2n) is 5.65. The van der Waals surface area contributed by atoms with Gasteiger partial charge in [0.05, 0.1) is 6.54 Å². The topological polar surface area (TPSA) is 29.9 Å². The van der Waals surface area contributed by atoms with E-state index in [1.54, 1.807) is 0 Å². The normalized spacial score (nSPS) is 11.2. The van der Waals surface area contributed by atoms with Gasteiger partial charge in [0.25, 0.3) is 0 Å². The van der Waals surface area contributed by atoms with Crippen molar-refractivity contribution in [3.8, 4) is 0 Å². The molecule has 0 aliphatic carbocycles. The molecule has 108 valence electrons. The van der Waals surface area contributed by atoms with Gasteiger partial charge in [0.15, 0.2) is 0 Å². The minimum atomic E-state index is 0.677. The van der Waals surface area contributed by atoms with Crippen LogP contribution in [0.1, 0.15) is 31.7 Å². The van der Waals surface area contributed by atoms with Gasteiger partial charge in [0.2, 0.25) is 0 Å². The van der Waals surface area contributed by atoms with Crippen molar-refractivity contribution in [2.24, 2.45) is 5.92 Å². The van der Waals surface area contributed by atoms with Crippen molar-refractivity contribution in [2.75, 3.05) is 6.54 Å². The van der Waals surface area contributed by atoms with Crippen LogP contribution in [0, 0.1) is 5.92 Å². The summed E-state index contributed by atoms with van der Waals surface area (Å²) >= 11 is 0. The average molecular weight is 271 g/mol. The summed E-state index contributed by atoms with van der Waals surface area (Å²) in [5, 5.41) is 3.45. The monoisotopic (exact) mass is 271 g/mol.